The molecule has 2 aromatic rings. The van der Waals surface area contributed by atoms with Gasteiger partial charge < -0.3 is 15.0 Å². The zero-order chi connectivity index (χ0) is 13.9. The third kappa shape index (κ3) is 2.65. The predicted octanol–water partition coefficient (Wildman–Crippen LogP) is 2.17. The van der Waals surface area contributed by atoms with Crippen LogP contribution in [0.2, 0.25) is 0 Å². The lowest BCUT2D eigenvalue weighted by atomic mass is 10.1. The van der Waals surface area contributed by atoms with E-state index < -0.39 is 0 Å². The summed E-state index contributed by atoms with van der Waals surface area (Å²) in [6, 6.07) is 6.38. The molecule has 2 N–H and O–H groups in total. The average molecular weight is 290 g/mol. The first-order valence-electron chi connectivity index (χ1n) is 7.34. The van der Waals surface area contributed by atoms with Crippen LogP contribution in [0, 0.1) is 0 Å². The topological polar surface area (TPSA) is 46.6 Å². The summed E-state index contributed by atoms with van der Waals surface area (Å²) in [6.45, 7) is 4.32. The summed E-state index contributed by atoms with van der Waals surface area (Å²) >= 11 is 2.02. The van der Waals surface area contributed by atoms with Gasteiger partial charge in [-0.25, -0.2) is 4.98 Å². The van der Waals surface area contributed by atoms with Crippen molar-refractivity contribution < 1.29 is 0 Å². The zero-order valence-corrected chi connectivity index (χ0v) is 12.8. The quantitative estimate of drug-likeness (QED) is 0.937. The van der Waals surface area contributed by atoms with Crippen LogP contribution in [0.5, 0.6) is 0 Å². The van der Waals surface area contributed by atoms with Gasteiger partial charge in [-0.05, 0) is 18.6 Å². The normalized spacial score (nSPS) is 17.6. The van der Waals surface area contributed by atoms with Gasteiger partial charge in [-0.1, -0.05) is 13.0 Å². The SMILES string of the molecule is CCC(N)Cc1c(N2CCSCC2)nc2ccccn12. The lowest BCUT2D eigenvalue weighted by Crippen LogP contribution is -2.34. The summed E-state index contributed by atoms with van der Waals surface area (Å²) in [5.74, 6) is 3.51. The van der Waals surface area contributed by atoms with E-state index in [1.807, 2.05) is 17.8 Å². The molecule has 5 heteroatoms. The van der Waals surface area contributed by atoms with E-state index in [1.54, 1.807) is 0 Å². The minimum atomic E-state index is 0.202. The maximum atomic E-state index is 6.19. The molecule has 0 bridgehead atoms. The van der Waals surface area contributed by atoms with Gasteiger partial charge in [0.1, 0.15) is 5.65 Å². The molecule has 1 aliphatic rings. The lowest BCUT2D eigenvalue weighted by molar-refractivity contribution is 0.632. The van der Waals surface area contributed by atoms with Crippen molar-refractivity contribution in [2.24, 2.45) is 5.73 Å². The number of fused-ring (bicyclic) bond motifs is 1. The molecule has 0 amide bonds. The van der Waals surface area contributed by atoms with Crippen molar-refractivity contribution in [3.63, 3.8) is 0 Å². The van der Waals surface area contributed by atoms with Gasteiger partial charge in [-0.2, -0.15) is 11.8 Å². The van der Waals surface area contributed by atoms with Crippen LogP contribution in [0.15, 0.2) is 24.4 Å². The van der Waals surface area contributed by atoms with Crippen LogP contribution in [-0.2, 0) is 6.42 Å². The predicted molar refractivity (Wildman–Crippen MR) is 86.7 cm³/mol. The molecule has 0 spiro atoms. The number of hydrogen-bond acceptors (Lipinski definition) is 4. The van der Waals surface area contributed by atoms with Crippen LogP contribution in [0.1, 0.15) is 19.0 Å². The number of nitrogens with zero attached hydrogens (tertiary/aromatic N) is 3. The summed E-state index contributed by atoms with van der Waals surface area (Å²) in [5.41, 5.74) is 8.48. The molecule has 0 aliphatic carbocycles. The van der Waals surface area contributed by atoms with E-state index in [2.05, 4.69) is 34.6 Å². The fourth-order valence-corrected chi connectivity index (χ4v) is 3.55. The van der Waals surface area contributed by atoms with E-state index >= 15 is 0 Å². The molecule has 108 valence electrons. The highest BCUT2D eigenvalue weighted by atomic mass is 32.2. The highest BCUT2D eigenvalue weighted by molar-refractivity contribution is 7.99. The summed E-state index contributed by atoms with van der Waals surface area (Å²) in [6.07, 6.45) is 3.98. The molecular weight excluding hydrogens is 268 g/mol. The second-order valence-corrected chi connectivity index (χ2v) is 6.51. The third-order valence-corrected chi connectivity index (χ3v) is 4.84. The second-order valence-electron chi connectivity index (χ2n) is 5.28. The number of anilines is 1. The van der Waals surface area contributed by atoms with Gasteiger partial charge in [0.05, 0.1) is 5.69 Å². The minimum absolute atomic E-state index is 0.202. The van der Waals surface area contributed by atoms with Crippen molar-refractivity contribution in [1.29, 1.82) is 0 Å². The smallest absolute Gasteiger partial charge is 0.151 e. The van der Waals surface area contributed by atoms with E-state index in [0.717, 1.165) is 37.4 Å². The van der Waals surface area contributed by atoms with Crippen molar-refractivity contribution in [2.45, 2.75) is 25.8 Å². The van der Waals surface area contributed by atoms with Gasteiger partial charge in [-0.15, -0.1) is 0 Å². The molecule has 3 rings (SSSR count). The molecule has 1 unspecified atom stereocenters. The number of rotatable bonds is 4. The average Bonchev–Trinajstić information content (AvgIpc) is 2.87. The Labute approximate surface area is 124 Å². The molecule has 1 atom stereocenters. The molecule has 0 saturated carbocycles. The lowest BCUT2D eigenvalue weighted by Gasteiger charge is -2.27. The maximum Gasteiger partial charge on any atom is 0.151 e. The number of aromatic nitrogens is 2. The molecule has 3 heterocycles. The third-order valence-electron chi connectivity index (χ3n) is 3.90. The zero-order valence-electron chi connectivity index (χ0n) is 12.0. The first-order valence-corrected chi connectivity index (χ1v) is 8.49. The Morgan fingerprint density at radius 2 is 2.15 bits per heavy atom. The molecule has 2 aromatic heterocycles. The fourth-order valence-electron chi connectivity index (χ4n) is 2.64. The van der Waals surface area contributed by atoms with Crippen molar-refractivity contribution >= 4 is 23.2 Å². The molecule has 4 nitrogen and oxygen atoms in total. The first kappa shape index (κ1) is 13.8. The van der Waals surface area contributed by atoms with E-state index in [0.29, 0.717) is 0 Å². The Morgan fingerprint density at radius 3 is 2.90 bits per heavy atom. The number of thioether (sulfide) groups is 1. The monoisotopic (exact) mass is 290 g/mol. The molecule has 1 saturated heterocycles. The highest BCUT2D eigenvalue weighted by Gasteiger charge is 2.21. The van der Waals surface area contributed by atoms with Gasteiger partial charge in [0.2, 0.25) is 0 Å². The van der Waals surface area contributed by atoms with E-state index in [-0.39, 0.29) is 6.04 Å². The molecular formula is C15H22N4S. The fraction of sp³-hybridized carbons (Fsp3) is 0.533. The van der Waals surface area contributed by atoms with Gasteiger partial charge in [0.15, 0.2) is 5.82 Å². The second kappa shape index (κ2) is 6.06. The number of pyridine rings is 1. The van der Waals surface area contributed by atoms with Gasteiger partial charge in [0, 0.05) is 43.3 Å². The van der Waals surface area contributed by atoms with Crippen LogP contribution < -0.4 is 10.6 Å². The van der Waals surface area contributed by atoms with Gasteiger partial charge >= 0.3 is 0 Å². The molecule has 1 fully saturated rings. The van der Waals surface area contributed by atoms with Crippen molar-refractivity contribution in [3.05, 3.63) is 30.1 Å². The Kier molecular flexibility index (Phi) is 4.17. The van der Waals surface area contributed by atoms with Crippen LogP contribution >= 0.6 is 11.8 Å². The molecule has 0 radical (unpaired) electrons. The molecule has 1 aliphatic heterocycles. The largest absolute Gasteiger partial charge is 0.353 e. The standard InChI is InChI=1S/C15H22N4S/c1-2-12(16)11-13-15(18-7-9-20-10-8-18)17-14-5-3-4-6-19(13)14/h3-6,12H,2,7-11,16H2,1H3. The number of nitrogens with two attached hydrogens (primary N) is 1. The summed E-state index contributed by atoms with van der Waals surface area (Å²) in [5, 5.41) is 0. The highest BCUT2D eigenvalue weighted by Crippen LogP contribution is 2.25. The first-order chi connectivity index (χ1) is 9.79. The van der Waals surface area contributed by atoms with Crippen LogP contribution in [0.3, 0.4) is 0 Å². The Balaban J connectivity index is 2.02. The van der Waals surface area contributed by atoms with E-state index in [9.17, 15) is 0 Å². The van der Waals surface area contributed by atoms with Gasteiger partial charge in [0.25, 0.3) is 0 Å². The maximum absolute atomic E-state index is 6.19. The van der Waals surface area contributed by atoms with Crippen LogP contribution in [0.25, 0.3) is 5.65 Å². The summed E-state index contributed by atoms with van der Waals surface area (Å²) in [4.78, 5) is 7.27. The molecule has 0 aromatic carbocycles. The van der Waals surface area contributed by atoms with Crippen LogP contribution in [0.4, 0.5) is 5.82 Å². The Morgan fingerprint density at radius 1 is 1.35 bits per heavy atom. The van der Waals surface area contributed by atoms with E-state index in [1.165, 1.54) is 17.2 Å². The Bertz CT molecular complexity index is 574. The minimum Gasteiger partial charge on any atom is -0.353 e. The number of hydrogen-bond donors (Lipinski definition) is 1. The van der Waals surface area contributed by atoms with E-state index in [4.69, 9.17) is 10.7 Å². The van der Waals surface area contributed by atoms with Gasteiger partial charge in [-0.3, -0.25) is 0 Å². The Hall–Kier alpha value is -1.20. The summed E-state index contributed by atoms with van der Waals surface area (Å²) < 4.78 is 2.20. The van der Waals surface area contributed by atoms with Crippen molar-refractivity contribution in [2.75, 3.05) is 29.5 Å². The summed E-state index contributed by atoms with van der Waals surface area (Å²) in [7, 11) is 0. The number of imidazole rings is 1. The van der Waals surface area contributed by atoms with Crippen LogP contribution in [-0.4, -0.2) is 40.0 Å². The van der Waals surface area contributed by atoms with Crippen molar-refractivity contribution in [1.82, 2.24) is 9.38 Å². The molecule has 20 heavy (non-hydrogen) atoms. The van der Waals surface area contributed by atoms with Crippen molar-refractivity contribution in [3.8, 4) is 0 Å².